The van der Waals surface area contributed by atoms with Crippen LogP contribution in [0.5, 0.6) is 0 Å². The fourth-order valence-corrected chi connectivity index (χ4v) is 4.77. The number of rotatable bonds is 5. The van der Waals surface area contributed by atoms with Crippen molar-refractivity contribution < 1.29 is 18.9 Å². The van der Waals surface area contributed by atoms with Crippen LogP contribution in [-0.2, 0) is 24.2 Å². The van der Waals surface area contributed by atoms with Crippen molar-refractivity contribution in [1.82, 2.24) is 20.0 Å². The van der Waals surface area contributed by atoms with Gasteiger partial charge in [-0.3, -0.25) is 24.8 Å². The molecule has 2 aromatic carbocycles. The molecule has 0 spiro atoms. The molecular weight excluding hydrogens is 467 g/mol. The number of aromatic amines is 1. The van der Waals surface area contributed by atoms with E-state index in [2.05, 4.69) is 15.1 Å². The van der Waals surface area contributed by atoms with E-state index in [0.29, 0.717) is 56.0 Å². The highest BCUT2D eigenvalue weighted by Gasteiger charge is 2.31. The Balaban J connectivity index is 1.25. The lowest BCUT2D eigenvalue weighted by atomic mass is 10.0. The number of nitrogens with one attached hydrogen (secondary N) is 1. The number of carbonyl (C=O) groups excluding carboxylic acids is 2. The van der Waals surface area contributed by atoms with Crippen LogP contribution in [0.3, 0.4) is 0 Å². The number of benzene rings is 2. The summed E-state index contributed by atoms with van der Waals surface area (Å²) in [6.45, 7) is 2.89. The van der Waals surface area contributed by atoms with Gasteiger partial charge in [-0.05, 0) is 24.3 Å². The molecule has 2 aliphatic heterocycles. The Bertz CT molecular complexity index is 1300. The number of nitro groups is 1. The zero-order valence-electron chi connectivity index (χ0n) is 19.5. The molecule has 10 nitrogen and oxygen atoms in total. The zero-order valence-corrected chi connectivity index (χ0v) is 19.5. The molecule has 1 aromatic heterocycles. The van der Waals surface area contributed by atoms with Crippen molar-refractivity contribution in [1.29, 1.82) is 0 Å². The number of halogens is 1. The maximum atomic E-state index is 13.3. The topological polar surface area (TPSA) is 116 Å². The Morgan fingerprint density at radius 1 is 1.00 bits per heavy atom. The van der Waals surface area contributed by atoms with Gasteiger partial charge in [-0.15, -0.1) is 0 Å². The summed E-state index contributed by atoms with van der Waals surface area (Å²) in [6, 6.07) is 12.5. The standard InChI is InChI=1S/C25H25FN6O4/c26-18-5-7-19(8-6-18)29-11-13-30(14-12-29)25(34)24-20-16-31(10-9-21(20)27-28-24)23(33)15-17-3-1-2-4-22(17)32(35)36/h1-8H,9-16H2,(H,27,28). The Labute approximate surface area is 206 Å². The first kappa shape index (κ1) is 23.5. The molecule has 0 bridgehead atoms. The van der Waals surface area contributed by atoms with Crippen molar-refractivity contribution in [2.24, 2.45) is 0 Å². The van der Waals surface area contributed by atoms with E-state index in [0.717, 1.165) is 11.4 Å². The lowest BCUT2D eigenvalue weighted by Gasteiger charge is -2.36. The van der Waals surface area contributed by atoms with Crippen molar-refractivity contribution in [3.05, 3.63) is 87.0 Å². The number of carbonyl (C=O) groups is 2. The summed E-state index contributed by atoms with van der Waals surface area (Å²) in [5, 5.41) is 18.5. The van der Waals surface area contributed by atoms with Crippen LogP contribution in [0.1, 0.15) is 27.3 Å². The van der Waals surface area contributed by atoms with Gasteiger partial charge in [0.05, 0.1) is 11.3 Å². The molecule has 11 heteroatoms. The third-order valence-corrected chi connectivity index (χ3v) is 6.78. The maximum Gasteiger partial charge on any atom is 0.274 e. The minimum atomic E-state index is -0.487. The van der Waals surface area contributed by atoms with Crippen LogP contribution in [0, 0.1) is 15.9 Å². The van der Waals surface area contributed by atoms with E-state index in [1.807, 2.05) is 0 Å². The number of para-hydroxylation sites is 1. The third kappa shape index (κ3) is 4.64. The second-order valence-electron chi connectivity index (χ2n) is 8.91. The fraction of sp³-hybridized carbons (Fsp3) is 0.320. The lowest BCUT2D eigenvalue weighted by molar-refractivity contribution is -0.385. The summed E-state index contributed by atoms with van der Waals surface area (Å²) in [6.07, 6.45) is 0.440. The van der Waals surface area contributed by atoms with E-state index in [4.69, 9.17) is 0 Å². The van der Waals surface area contributed by atoms with E-state index in [1.165, 1.54) is 18.2 Å². The van der Waals surface area contributed by atoms with E-state index in [-0.39, 0.29) is 36.3 Å². The first-order valence-electron chi connectivity index (χ1n) is 11.8. The average molecular weight is 493 g/mol. The molecule has 2 aliphatic rings. The van der Waals surface area contributed by atoms with E-state index in [9.17, 15) is 24.1 Å². The summed E-state index contributed by atoms with van der Waals surface area (Å²) in [5.74, 6) is -0.716. The number of aromatic nitrogens is 2. The van der Waals surface area contributed by atoms with Crippen molar-refractivity contribution in [2.75, 3.05) is 37.6 Å². The first-order chi connectivity index (χ1) is 17.4. The molecule has 36 heavy (non-hydrogen) atoms. The van der Waals surface area contributed by atoms with Crippen molar-refractivity contribution in [3.63, 3.8) is 0 Å². The molecule has 1 saturated heterocycles. The van der Waals surface area contributed by atoms with Crippen molar-refractivity contribution >= 4 is 23.2 Å². The number of nitro benzene ring substituents is 1. The van der Waals surface area contributed by atoms with Crippen LogP contribution >= 0.6 is 0 Å². The van der Waals surface area contributed by atoms with Crippen molar-refractivity contribution in [3.8, 4) is 0 Å². The van der Waals surface area contributed by atoms with Gasteiger partial charge >= 0.3 is 0 Å². The third-order valence-electron chi connectivity index (χ3n) is 6.78. The summed E-state index contributed by atoms with van der Waals surface area (Å²) in [7, 11) is 0. The number of amides is 2. The van der Waals surface area contributed by atoms with E-state index < -0.39 is 4.92 Å². The Hall–Kier alpha value is -4.28. The Morgan fingerprint density at radius 3 is 2.44 bits per heavy atom. The maximum absolute atomic E-state index is 13.3. The summed E-state index contributed by atoms with van der Waals surface area (Å²) >= 11 is 0. The van der Waals surface area contributed by atoms with Gasteiger partial charge in [-0.2, -0.15) is 5.10 Å². The molecule has 5 rings (SSSR count). The van der Waals surface area contributed by atoms with Crippen LogP contribution in [0.2, 0.25) is 0 Å². The molecule has 0 unspecified atom stereocenters. The molecule has 0 saturated carbocycles. The number of anilines is 1. The number of piperazine rings is 1. The molecule has 3 heterocycles. The minimum Gasteiger partial charge on any atom is -0.368 e. The van der Waals surface area contributed by atoms with Crippen LogP contribution in [0.25, 0.3) is 0 Å². The van der Waals surface area contributed by atoms with Gasteiger partial charge in [0.1, 0.15) is 5.82 Å². The van der Waals surface area contributed by atoms with E-state index in [1.54, 1.807) is 40.1 Å². The smallest absolute Gasteiger partial charge is 0.274 e. The predicted molar refractivity (Wildman–Crippen MR) is 129 cm³/mol. The normalized spacial score (nSPS) is 15.5. The van der Waals surface area contributed by atoms with Crippen molar-refractivity contribution in [2.45, 2.75) is 19.4 Å². The number of H-pyrrole nitrogens is 1. The molecule has 0 radical (unpaired) electrons. The number of fused-ring (bicyclic) bond motifs is 1. The molecule has 2 amide bonds. The van der Waals surface area contributed by atoms with Crippen LogP contribution in [-0.4, -0.2) is 69.5 Å². The molecule has 0 atom stereocenters. The lowest BCUT2D eigenvalue weighted by Crippen LogP contribution is -2.49. The predicted octanol–water partition coefficient (Wildman–Crippen LogP) is 2.55. The highest BCUT2D eigenvalue weighted by molar-refractivity contribution is 5.94. The van der Waals surface area contributed by atoms with E-state index >= 15 is 0 Å². The minimum absolute atomic E-state index is 0.0810. The molecular formula is C25H25FN6O4. The SMILES string of the molecule is O=C(Cc1ccccc1[N+](=O)[O-])N1CCc2[nH]nc(C(=O)N3CCN(c4ccc(F)cc4)CC3)c2C1. The average Bonchev–Trinajstić information content (AvgIpc) is 3.32. The van der Waals surface area contributed by atoms with Crippen LogP contribution in [0.15, 0.2) is 48.5 Å². The summed E-state index contributed by atoms with van der Waals surface area (Å²) < 4.78 is 13.2. The van der Waals surface area contributed by atoms with Gasteiger partial charge in [0.25, 0.3) is 11.6 Å². The first-order valence-corrected chi connectivity index (χ1v) is 11.8. The monoisotopic (exact) mass is 492 g/mol. The highest BCUT2D eigenvalue weighted by atomic mass is 19.1. The van der Waals surface area contributed by atoms with Gasteiger partial charge < -0.3 is 14.7 Å². The number of hydrogen-bond donors (Lipinski definition) is 1. The van der Waals surface area contributed by atoms with Gasteiger partial charge in [-0.1, -0.05) is 18.2 Å². The zero-order chi connectivity index (χ0) is 25.2. The Morgan fingerprint density at radius 2 is 1.72 bits per heavy atom. The number of hydrogen-bond acceptors (Lipinski definition) is 6. The van der Waals surface area contributed by atoms with Gasteiger partial charge in [0, 0.05) is 74.3 Å². The van der Waals surface area contributed by atoms with Crippen LogP contribution < -0.4 is 4.90 Å². The fourth-order valence-electron chi connectivity index (χ4n) is 4.77. The number of nitrogens with zero attached hydrogens (tertiary/aromatic N) is 5. The summed E-state index contributed by atoms with van der Waals surface area (Å²) in [4.78, 5) is 42.6. The highest BCUT2D eigenvalue weighted by Crippen LogP contribution is 2.25. The second kappa shape index (κ2) is 9.76. The van der Waals surface area contributed by atoms with Gasteiger partial charge in [-0.25, -0.2) is 4.39 Å². The Kier molecular flexibility index (Phi) is 6.36. The van der Waals surface area contributed by atoms with Gasteiger partial charge in [0.15, 0.2) is 5.69 Å². The second-order valence-corrected chi connectivity index (χ2v) is 8.91. The largest absolute Gasteiger partial charge is 0.368 e. The quantitative estimate of drug-likeness (QED) is 0.432. The molecule has 0 aliphatic carbocycles. The molecule has 3 aromatic rings. The molecule has 1 N–H and O–H groups in total. The van der Waals surface area contributed by atoms with Gasteiger partial charge in [0.2, 0.25) is 5.91 Å². The molecule has 1 fully saturated rings. The summed E-state index contributed by atoms with van der Waals surface area (Å²) in [5.41, 5.74) is 3.03. The molecule has 186 valence electrons. The van der Waals surface area contributed by atoms with Crippen LogP contribution in [0.4, 0.5) is 15.8 Å².